The number of nitrogens with one attached hydrogen (secondary N) is 1. The molecule has 5 rings (SSSR count). The first-order valence-electron chi connectivity index (χ1n) is 11.8. The zero-order valence-electron chi connectivity index (χ0n) is 19.4. The number of likely N-dealkylation sites (N-methyl/N-ethyl adjacent to an activating group) is 1. The number of carbonyl (C=O) groups excluding carboxylic acids is 3. The van der Waals surface area contributed by atoms with Gasteiger partial charge in [-0.1, -0.05) is 53.5 Å². The van der Waals surface area contributed by atoms with Crippen molar-refractivity contribution in [3.05, 3.63) is 80.5 Å². The number of nitrogens with zero attached hydrogens (tertiary/aromatic N) is 3. The summed E-state index contributed by atoms with van der Waals surface area (Å²) in [6.07, 6.45) is 1.07. The predicted octanol–water partition coefficient (Wildman–Crippen LogP) is 4.15. The van der Waals surface area contributed by atoms with E-state index >= 15 is 0 Å². The van der Waals surface area contributed by atoms with Gasteiger partial charge < -0.3 is 15.1 Å². The number of carbonyl (C=O) groups is 3. The van der Waals surface area contributed by atoms with Crippen molar-refractivity contribution in [2.75, 3.05) is 26.2 Å². The normalized spacial score (nSPS) is 19.6. The van der Waals surface area contributed by atoms with Crippen LogP contribution < -0.4 is 5.32 Å². The standard InChI is InChI=1S/C26H26Cl2N4O3/c1-2-32-21-15-31(12-10-22(33)30-11-9-16-5-3-4-6-17(16)14-30)25(34)23(21)24(29-26(32)35)19-8-7-18(27)13-20(19)28/h3-8,13,24H,2,9-12,14-15H2,1H3,(H,29,35). The third kappa shape index (κ3) is 4.39. The molecule has 1 unspecified atom stereocenters. The first kappa shape index (κ1) is 23.7. The first-order valence-corrected chi connectivity index (χ1v) is 12.5. The van der Waals surface area contributed by atoms with Gasteiger partial charge >= 0.3 is 6.03 Å². The Labute approximate surface area is 214 Å². The summed E-state index contributed by atoms with van der Waals surface area (Å²) in [7, 11) is 0. The Bertz CT molecular complexity index is 1240. The summed E-state index contributed by atoms with van der Waals surface area (Å²) in [6.45, 7) is 4.14. The molecular weight excluding hydrogens is 487 g/mol. The summed E-state index contributed by atoms with van der Waals surface area (Å²) in [4.78, 5) is 44.4. The Hall–Kier alpha value is -3.03. The van der Waals surface area contributed by atoms with Crippen LogP contribution in [0.3, 0.4) is 0 Å². The minimum atomic E-state index is -0.670. The molecule has 2 aromatic rings. The van der Waals surface area contributed by atoms with E-state index < -0.39 is 6.04 Å². The van der Waals surface area contributed by atoms with E-state index in [1.54, 1.807) is 28.0 Å². The van der Waals surface area contributed by atoms with Crippen LogP contribution in [0.1, 0.15) is 36.1 Å². The lowest BCUT2D eigenvalue weighted by atomic mass is 9.95. The molecule has 182 valence electrons. The van der Waals surface area contributed by atoms with Crippen molar-refractivity contribution in [2.24, 2.45) is 0 Å². The number of rotatable bonds is 5. The fourth-order valence-corrected chi connectivity index (χ4v) is 5.65. The molecule has 0 radical (unpaired) electrons. The molecule has 3 aliphatic heterocycles. The van der Waals surface area contributed by atoms with Crippen molar-refractivity contribution in [1.82, 2.24) is 20.0 Å². The summed E-state index contributed by atoms with van der Waals surface area (Å²) in [5.74, 6) is -0.165. The molecule has 0 fully saturated rings. The maximum absolute atomic E-state index is 13.5. The van der Waals surface area contributed by atoms with Crippen molar-refractivity contribution in [3.63, 3.8) is 0 Å². The fourth-order valence-electron chi connectivity index (χ4n) is 5.13. The Balaban J connectivity index is 1.32. The van der Waals surface area contributed by atoms with Gasteiger partial charge in [0, 0.05) is 42.6 Å². The molecule has 4 amide bonds. The molecule has 0 aromatic heterocycles. The average molecular weight is 513 g/mol. The molecule has 0 saturated heterocycles. The van der Waals surface area contributed by atoms with E-state index in [0.29, 0.717) is 46.5 Å². The van der Waals surface area contributed by atoms with Crippen LogP contribution in [0.2, 0.25) is 10.0 Å². The van der Waals surface area contributed by atoms with E-state index in [2.05, 4.69) is 17.4 Å². The minimum absolute atomic E-state index is 0.0241. The maximum Gasteiger partial charge on any atom is 0.322 e. The second-order valence-corrected chi connectivity index (χ2v) is 9.81. The summed E-state index contributed by atoms with van der Waals surface area (Å²) in [6, 6.07) is 12.2. The summed E-state index contributed by atoms with van der Waals surface area (Å²) in [5, 5.41) is 3.78. The lowest BCUT2D eigenvalue weighted by Crippen LogP contribution is -2.47. The van der Waals surface area contributed by atoms with Crippen LogP contribution in [-0.2, 0) is 22.6 Å². The van der Waals surface area contributed by atoms with Crippen molar-refractivity contribution in [3.8, 4) is 0 Å². The summed E-state index contributed by atoms with van der Waals surface area (Å²) >= 11 is 12.5. The minimum Gasteiger partial charge on any atom is -0.338 e. The topological polar surface area (TPSA) is 73.0 Å². The number of amides is 4. The molecule has 1 atom stereocenters. The third-order valence-corrected chi connectivity index (χ3v) is 7.53. The second kappa shape index (κ2) is 9.55. The second-order valence-electron chi connectivity index (χ2n) is 8.96. The summed E-state index contributed by atoms with van der Waals surface area (Å²) < 4.78 is 0. The molecule has 1 N–H and O–H groups in total. The van der Waals surface area contributed by atoms with Crippen molar-refractivity contribution in [1.29, 1.82) is 0 Å². The van der Waals surface area contributed by atoms with Gasteiger partial charge in [0.25, 0.3) is 5.91 Å². The molecule has 3 heterocycles. The molecule has 7 nitrogen and oxygen atoms in total. The van der Waals surface area contributed by atoms with Crippen LogP contribution in [0.15, 0.2) is 53.7 Å². The van der Waals surface area contributed by atoms with Crippen LogP contribution >= 0.6 is 23.2 Å². The van der Waals surface area contributed by atoms with Gasteiger partial charge in [-0.3, -0.25) is 14.5 Å². The number of fused-ring (bicyclic) bond motifs is 1. The predicted molar refractivity (Wildman–Crippen MR) is 134 cm³/mol. The molecule has 35 heavy (non-hydrogen) atoms. The maximum atomic E-state index is 13.5. The quantitative estimate of drug-likeness (QED) is 0.653. The van der Waals surface area contributed by atoms with Gasteiger partial charge in [0.05, 0.1) is 23.9 Å². The van der Waals surface area contributed by atoms with Crippen LogP contribution in [0.5, 0.6) is 0 Å². The first-order chi connectivity index (χ1) is 16.9. The monoisotopic (exact) mass is 512 g/mol. The average Bonchev–Trinajstić information content (AvgIpc) is 3.17. The molecule has 2 aromatic carbocycles. The van der Waals surface area contributed by atoms with Crippen molar-refractivity contribution < 1.29 is 14.4 Å². The smallest absolute Gasteiger partial charge is 0.322 e. The van der Waals surface area contributed by atoms with Gasteiger partial charge in [0.15, 0.2) is 0 Å². The fraction of sp³-hybridized carbons (Fsp3) is 0.346. The van der Waals surface area contributed by atoms with Gasteiger partial charge in [-0.05, 0) is 42.2 Å². The Morgan fingerprint density at radius 2 is 1.86 bits per heavy atom. The van der Waals surface area contributed by atoms with E-state index in [0.717, 1.165) is 6.42 Å². The molecule has 3 aliphatic rings. The van der Waals surface area contributed by atoms with Gasteiger partial charge in [-0.2, -0.15) is 0 Å². The zero-order chi connectivity index (χ0) is 24.7. The largest absolute Gasteiger partial charge is 0.338 e. The van der Waals surface area contributed by atoms with Crippen LogP contribution in [-0.4, -0.2) is 58.7 Å². The van der Waals surface area contributed by atoms with Gasteiger partial charge in [0.2, 0.25) is 5.91 Å². The molecule has 9 heteroatoms. The summed E-state index contributed by atoms with van der Waals surface area (Å²) in [5.41, 5.74) is 4.23. The van der Waals surface area contributed by atoms with Crippen LogP contribution in [0.25, 0.3) is 0 Å². The van der Waals surface area contributed by atoms with Crippen molar-refractivity contribution >= 4 is 41.0 Å². The lowest BCUT2D eigenvalue weighted by molar-refractivity contribution is -0.133. The van der Waals surface area contributed by atoms with E-state index in [1.165, 1.54) is 11.1 Å². The van der Waals surface area contributed by atoms with E-state index in [4.69, 9.17) is 23.2 Å². The zero-order valence-corrected chi connectivity index (χ0v) is 20.9. The number of benzene rings is 2. The van der Waals surface area contributed by atoms with Gasteiger partial charge in [0.1, 0.15) is 0 Å². The highest BCUT2D eigenvalue weighted by atomic mass is 35.5. The Morgan fingerprint density at radius 3 is 2.60 bits per heavy atom. The molecule has 0 saturated carbocycles. The van der Waals surface area contributed by atoms with Crippen LogP contribution in [0.4, 0.5) is 4.79 Å². The number of hydrogen-bond acceptors (Lipinski definition) is 3. The van der Waals surface area contributed by atoms with Gasteiger partial charge in [-0.25, -0.2) is 4.79 Å². The molecule has 0 bridgehead atoms. The molecule has 0 spiro atoms. The van der Waals surface area contributed by atoms with E-state index in [-0.39, 0.29) is 37.4 Å². The molecular formula is C26H26Cl2N4O3. The van der Waals surface area contributed by atoms with Crippen molar-refractivity contribution in [2.45, 2.75) is 32.4 Å². The Morgan fingerprint density at radius 1 is 1.09 bits per heavy atom. The van der Waals surface area contributed by atoms with Gasteiger partial charge in [-0.15, -0.1) is 0 Å². The number of hydrogen-bond donors (Lipinski definition) is 1. The SMILES string of the molecule is CCN1C(=O)NC(c2ccc(Cl)cc2Cl)C2=C1CN(CCC(=O)N1CCc3ccccc3C1)C2=O. The molecule has 0 aliphatic carbocycles. The highest BCUT2D eigenvalue weighted by molar-refractivity contribution is 6.35. The Kier molecular flexibility index (Phi) is 6.47. The van der Waals surface area contributed by atoms with E-state index in [1.807, 2.05) is 24.0 Å². The number of halogens is 2. The highest BCUT2D eigenvalue weighted by Crippen LogP contribution is 2.39. The highest BCUT2D eigenvalue weighted by Gasteiger charge is 2.44. The van der Waals surface area contributed by atoms with E-state index in [9.17, 15) is 14.4 Å². The van der Waals surface area contributed by atoms with Crippen LogP contribution in [0, 0.1) is 0 Å². The lowest BCUT2D eigenvalue weighted by Gasteiger charge is -2.33. The third-order valence-electron chi connectivity index (χ3n) is 6.97. The number of urea groups is 1.